The fraction of sp³-hybridized carbons (Fsp3) is 0.500. The van der Waals surface area contributed by atoms with Gasteiger partial charge in [0.25, 0.3) is 0 Å². The van der Waals surface area contributed by atoms with Crippen molar-refractivity contribution in [2.45, 2.75) is 0 Å². The third kappa shape index (κ3) is 0.815. The third-order valence-electron chi connectivity index (χ3n) is 0.404. The van der Waals surface area contributed by atoms with Crippen LogP contribution in [0.4, 0.5) is 0 Å². The number of thioether (sulfide) groups is 1. The molecule has 0 bridgehead atoms. The molecule has 0 aromatic heterocycles. The van der Waals surface area contributed by atoms with E-state index in [0.29, 0.717) is 5.08 Å². The molecule has 0 radical (unpaired) electrons. The van der Waals surface area contributed by atoms with Gasteiger partial charge >= 0.3 is 0 Å². The summed E-state index contributed by atoms with van der Waals surface area (Å²) in [4.78, 5) is 0. The fourth-order valence-corrected chi connectivity index (χ4v) is 1.78. The maximum atomic E-state index is 10.1. The highest BCUT2D eigenvalue weighted by molar-refractivity contribution is 8.21. The average Bonchev–Trinajstić information content (AvgIpc) is 1.86. The van der Waals surface area contributed by atoms with E-state index in [2.05, 4.69) is 4.40 Å². The molecule has 34 valence electrons. The minimum Gasteiger partial charge on any atom is -0.234 e. The largest absolute Gasteiger partial charge is 0.234 e. The van der Waals surface area contributed by atoms with Gasteiger partial charge in [0.2, 0.25) is 0 Å². The predicted molar refractivity (Wildman–Crippen MR) is 29.1 cm³/mol. The van der Waals surface area contributed by atoms with Crippen molar-refractivity contribution in [1.29, 1.82) is 0 Å². The molecular weight excluding hydrogens is 118 g/mol. The van der Waals surface area contributed by atoms with Gasteiger partial charge in [0.05, 0.1) is 10.6 Å². The van der Waals surface area contributed by atoms with Crippen LogP contribution in [-0.4, -0.2) is 14.8 Å². The lowest BCUT2D eigenvalue weighted by Crippen LogP contribution is -1.75. The van der Waals surface area contributed by atoms with Crippen LogP contribution in [0.25, 0.3) is 0 Å². The van der Waals surface area contributed by atoms with Crippen LogP contribution >= 0.6 is 11.8 Å². The zero-order chi connectivity index (χ0) is 4.41. The average molecular weight is 121 g/mol. The Labute approximate surface area is 42.6 Å². The molecule has 0 saturated heterocycles. The summed E-state index contributed by atoms with van der Waals surface area (Å²) in [6, 6.07) is 0. The first-order valence-electron chi connectivity index (χ1n) is 1.42. The number of hydrogen-bond donors (Lipinski definition) is 0. The van der Waals surface area contributed by atoms with Crippen LogP contribution in [0, 0.1) is 0 Å². The maximum absolute atomic E-state index is 10.1. The second kappa shape index (κ2) is 1.75. The van der Waals surface area contributed by atoms with E-state index >= 15 is 0 Å². The highest BCUT2D eigenvalue weighted by Gasteiger charge is 1.98. The second-order valence-corrected chi connectivity index (χ2v) is 3.16. The van der Waals surface area contributed by atoms with Crippen LogP contribution in [-0.2, 0) is 11.0 Å². The number of hydrogen-bond acceptors (Lipinski definition) is 2. The summed E-state index contributed by atoms with van der Waals surface area (Å²) in [6.07, 6.45) is 0. The summed E-state index contributed by atoms with van der Waals surface area (Å²) in [5.41, 5.74) is 1.62. The molecule has 0 aromatic rings. The molecule has 0 aliphatic carbocycles. The molecule has 0 aromatic carbocycles. The lowest BCUT2D eigenvalue weighted by molar-refractivity contribution is 0.688. The quantitative estimate of drug-likeness (QED) is 0.463. The molecule has 1 unspecified atom stereocenters. The van der Waals surface area contributed by atoms with Gasteiger partial charge in [0.1, 0.15) is 11.0 Å². The van der Waals surface area contributed by atoms with E-state index in [1.165, 1.54) is 11.8 Å². The standard InChI is InChI=1S/C2H3NOS2/c4-6-2-5-1-3-6/h1H,2H2. The van der Waals surface area contributed by atoms with Gasteiger partial charge in [0, 0.05) is 0 Å². The van der Waals surface area contributed by atoms with Crippen molar-refractivity contribution in [3.63, 3.8) is 0 Å². The molecule has 1 aliphatic rings. The van der Waals surface area contributed by atoms with E-state index in [9.17, 15) is 4.21 Å². The van der Waals surface area contributed by atoms with Crippen molar-refractivity contribution < 1.29 is 4.21 Å². The zero-order valence-corrected chi connectivity index (χ0v) is 4.59. The molecular formula is C2H3NOS2. The van der Waals surface area contributed by atoms with Gasteiger partial charge < -0.3 is 0 Å². The topological polar surface area (TPSA) is 29.4 Å². The SMILES string of the molecule is O=S1CSC=N1. The van der Waals surface area contributed by atoms with Gasteiger partial charge in [0.15, 0.2) is 0 Å². The van der Waals surface area contributed by atoms with Crippen molar-refractivity contribution in [3.8, 4) is 0 Å². The van der Waals surface area contributed by atoms with Crippen LogP contribution in [0.1, 0.15) is 0 Å². The third-order valence-corrected chi connectivity index (χ3v) is 2.48. The molecule has 1 heterocycles. The minimum atomic E-state index is -0.890. The summed E-state index contributed by atoms with van der Waals surface area (Å²) < 4.78 is 13.7. The van der Waals surface area contributed by atoms with Crippen LogP contribution in [0.15, 0.2) is 4.40 Å². The Morgan fingerprint density at radius 1 is 2.00 bits per heavy atom. The first-order chi connectivity index (χ1) is 2.89. The summed E-state index contributed by atoms with van der Waals surface area (Å²) in [5, 5.41) is 0.653. The molecule has 0 spiro atoms. The number of rotatable bonds is 0. The molecule has 0 fully saturated rings. The summed E-state index contributed by atoms with van der Waals surface area (Å²) in [7, 11) is -0.890. The Kier molecular flexibility index (Phi) is 1.26. The normalized spacial score (nSPS) is 31.7. The molecule has 0 amide bonds. The molecule has 1 rings (SSSR count). The van der Waals surface area contributed by atoms with E-state index in [-0.39, 0.29) is 0 Å². The van der Waals surface area contributed by atoms with Gasteiger partial charge in [-0.3, -0.25) is 0 Å². The van der Waals surface area contributed by atoms with Crippen molar-refractivity contribution in [2.75, 3.05) is 5.08 Å². The summed E-state index contributed by atoms with van der Waals surface area (Å²) in [6.45, 7) is 0. The lowest BCUT2D eigenvalue weighted by Gasteiger charge is -1.70. The summed E-state index contributed by atoms with van der Waals surface area (Å²) >= 11 is 1.49. The summed E-state index contributed by atoms with van der Waals surface area (Å²) in [5.74, 6) is 0. The highest BCUT2D eigenvalue weighted by atomic mass is 32.2. The number of nitrogens with zero attached hydrogens (tertiary/aromatic N) is 1. The lowest BCUT2D eigenvalue weighted by atomic mass is 11.7. The molecule has 0 N–H and O–H groups in total. The monoisotopic (exact) mass is 121 g/mol. The van der Waals surface area contributed by atoms with Gasteiger partial charge in [-0.05, 0) is 0 Å². The first kappa shape index (κ1) is 4.33. The van der Waals surface area contributed by atoms with Gasteiger partial charge in [-0.2, -0.15) is 4.40 Å². The zero-order valence-electron chi connectivity index (χ0n) is 2.96. The molecule has 0 saturated carbocycles. The van der Waals surface area contributed by atoms with E-state index in [4.69, 9.17) is 0 Å². The van der Waals surface area contributed by atoms with Crippen LogP contribution in [0.2, 0.25) is 0 Å². The second-order valence-electron chi connectivity index (χ2n) is 0.817. The van der Waals surface area contributed by atoms with Crippen molar-refractivity contribution in [3.05, 3.63) is 0 Å². The van der Waals surface area contributed by atoms with E-state index in [1.54, 1.807) is 5.55 Å². The maximum Gasteiger partial charge on any atom is 0.150 e. The molecule has 1 aliphatic heterocycles. The van der Waals surface area contributed by atoms with Crippen molar-refractivity contribution in [1.82, 2.24) is 0 Å². The predicted octanol–water partition coefficient (Wildman–Crippen LogP) is 0.383. The van der Waals surface area contributed by atoms with Gasteiger partial charge in [-0.1, -0.05) is 11.8 Å². The van der Waals surface area contributed by atoms with Crippen LogP contribution in [0.5, 0.6) is 0 Å². The van der Waals surface area contributed by atoms with Crippen LogP contribution in [0.3, 0.4) is 0 Å². The minimum absolute atomic E-state index is 0.653. The molecule has 2 nitrogen and oxygen atoms in total. The molecule has 6 heavy (non-hydrogen) atoms. The Bertz CT molecular complexity index is 99.7. The van der Waals surface area contributed by atoms with E-state index in [1.807, 2.05) is 0 Å². The highest BCUT2D eigenvalue weighted by Crippen LogP contribution is 2.06. The smallest absolute Gasteiger partial charge is 0.150 e. The fourth-order valence-electron chi connectivity index (χ4n) is 0.197. The van der Waals surface area contributed by atoms with Crippen molar-refractivity contribution in [2.24, 2.45) is 4.40 Å². The Morgan fingerprint density at radius 2 is 2.83 bits per heavy atom. The first-order valence-corrected chi connectivity index (χ1v) is 3.75. The molecule has 1 atom stereocenters. The Balaban J connectivity index is 2.59. The van der Waals surface area contributed by atoms with Crippen LogP contribution < -0.4 is 0 Å². The molecule has 4 heteroatoms. The van der Waals surface area contributed by atoms with E-state index in [0.717, 1.165) is 0 Å². The Morgan fingerprint density at radius 3 is 3.00 bits per heavy atom. The van der Waals surface area contributed by atoms with E-state index < -0.39 is 11.0 Å². The Hall–Kier alpha value is 0.170. The van der Waals surface area contributed by atoms with Gasteiger partial charge in [-0.15, -0.1) is 0 Å². The van der Waals surface area contributed by atoms with Crippen molar-refractivity contribution >= 4 is 28.3 Å². The van der Waals surface area contributed by atoms with Gasteiger partial charge in [-0.25, -0.2) is 4.21 Å².